The number of para-hydroxylation sites is 1. The highest BCUT2D eigenvalue weighted by molar-refractivity contribution is 5.83. The summed E-state index contributed by atoms with van der Waals surface area (Å²) in [4.78, 5) is 27.2. The molecule has 0 bridgehead atoms. The molecule has 2 N–H and O–H groups in total. The van der Waals surface area contributed by atoms with Gasteiger partial charge in [-0.1, -0.05) is 18.2 Å². The van der Waals surface area contributed by atoms with Gasteiger partial charge in [0, 0.05) is 23.6 Å². The van der Waals surface area contributed by atoms with Crippen molar-refractivity contribution in [3.8, 4) is 17.2 Å². The predicted octanol–water partition coefficient (Wildman–Crippen LogP) is 2.43. The number of pyridine rings is 1. The number of hydrogen-bond donors (Lipinski definition) is 2. The molecule has 1 aliphatic rings. The zero-order valence-corrected chi connectivity index (χ0v) is 15.9. The molecule has 0 aliphatic carbocycles. The van der Waals surface area contributed by atoms with Gasteiger partial charge in [0.1, 0.15) is 19.0 Å². The molecule has 2 aromatic carbocycles. The number of aromatic amines is 1. The maximum Gasteiger partial charge on any atom is 0.251 e. The lowest BCUT2D eigenvalue weighted by molar-refractivity contribution is -0.121. The monoisotopic (exact) mass is 394 g/mol. The Morgan fingerprint density at radius 3 is 2.62 bits per heavy atom. The molecule has 0 radical (unpaired) electrons. The number of amides is 1. The molecule has 3 aromatic rings. The summed E-state index contributed by atoms with van der Waals surface area (Å²) in [6, 6.07) is 14.8. The minimum atomic E-state index is -0.171. The van der Waals surface area contributed by atoms with Gasteiger partial charge in [-0.25, -0.2) is 0 Å². The van der Waals surface area contributed by atoms with E-state index in [2.05, 4.69) is 10.3 Å². The van der Waals surface area contributed by atoms with Gasteiger partial charge < -0.3 is 24.5 Å². The quantitative estimate of drug-likeness (QED) is 0.642. The normalized spacial score (nSPS) is 12.6. The van der Waals surface area contributed by atoms with E-state index >= 15 is 0 Å². The van der Waals surface area contributed by atoms with E-state index in [-0.39, 0.29) is 17.9 Å². The highest BCUT2D eigenvalue weighted by Gasteiger charge is 2.14. The zero-order chi connectivity index (χ0) is 20.1. The molecule has 7 nitrogen and oxygen atoms in total. The Kier molecular flexibility index (Phi) is 5.65. The van der Waals surface area contributed by atoms with Gasteiger partial charge in [-0.15, -0.1) is 0 Å². The fraction of sp³-hybridized carbons (Fsp3) is 0.273. The van der Waals surface area contributed by atoms with Gasteiger partial charge in [0.05, 0.1) is 18.5 Å². The van der Waals surface area contributed by atoms with E-state index in [0.29, 0.717) is 55.4 Å². The number of fused-ring (bicyclic) bond motifs is 2. The Morgan fingerprint density at radius 2 is 1.83 bits per heavy atom. The molecule has 29 heavy (non-hydrogen) atoms. The van der Waals surface area contributed by atoms with Crippen molar-refractivity contribution >= 4 is 16.8 Å². The maximum atomic E-state index is 12.3. The molecular formula is C22H22N2O5. The van der Waals surface area contributed by atoms with Crippen LogP contribution in [0.3, 0.4) is 0 Å². The number of nitrogens with one attached hydrogen (secondary N) is 2. The molecule has 0 spiro atoms. The molecule has 0 fully saturated rings. The summed E-state index contributed by atoms with van der Waals surface area (Å²) in [5.74, 6) is 1.93. The maximum absolute atomic E-state index is 12.3. The van der Waals surface area contributed by atoms with Crippen molar-refractivity contribution in [2.24, 2.45) is 0 Å². The molecule has 0 saturated carbocycles. The molecular weight excluding hydrogens is 372 g/mol. The average molecular weight is 394 g/mol. The number of aromatic nitrogens is 1. The molecule has 150 valence electrons. The van der Waals surface area contributed by atoms with Gasteiger partial charge in [-0.05, 0) is 30.7 Å². The van der Waals surface area contributed by atoms with Gasteiger partial charge in [0.2, 0.25) is 5.91 Å². The number of carbonyl (C=O) groups excluding carboxylic acids is 1. The fourth-order valence-electron chi connectivity index (χ4n) is 3.18. The van der Waals surface area contributed by atoms with Gasteiger partial charge >= 0.3 is 0 Å². The number of H-pyrrole nitrogens is 1. The van der Waals surface area contributed by atoms with Crippen LogP contribution in [0.25, 0.3) is 10.9 Å². The second-order valence-corrected chi connectivity index (χ2v) is 6.72. The second kappa shape index (κ2) is 8.68. The minimum absolute atomic E-state index is 0.113. The molecule has 4 rings (SSSR count). The van der Waals surface area contributed by atoms with Gasteiger partial charge in [0.25, 0.3) is 5.56 Å². The van der Waals surface area contributed by atoms with Crippen LogP contribution < -0.4 is 25.1 Å². The topological polar surface area (TPSA) is 89.7 Å². The Bertz CT molecular complexity index is 1060. The number of rotatable bonds is 7. The molecule has 0 unspecified atom stereocenters. The number of hydrogen-bond acceptors (Lipinski definition) is 5. The van der Waals surface area contributed by atoms with Crippen LogP contribution in [-0.2, 0) is 11.2 Å². The summed E-state index contributed by atoms with van der Waals surface area (Å²) in [6.07, 6.45) is 0.692. The van der Waals surface area contributed by atoms with Crippen LogP contribution in [0.15, 0.2) is 53.3 Å². The van der Waals surface area contributed by atoms with Crippen molar-refractivity contribution in [3.05, 3.63) is 64.4 Å². The third-order valence-corrected chi connectivity index (χ3v) is 4.64. The Labute approximate surface area is 167 Å². The lowest BCUT2D eigenvalue weighted by Gasteiger charge is -2.18. The van der Waals surface area contributed by atoms with Crippen LogP contribution in [-0.4, -0.2) is 37.3 Å². The van der Waals surface area contributed by atoms with Crippen LogP contribution in [0.4, 0.5) is 0 Å². The molecule has 2 heterocycles. The van der Waals surface area contributed by atoms with E-state index < -0.39 is 0 Å². The second-order valence-electron chi connectivity index (χ2n) is 6.72. The Morgan fingerprint density at radius 1 is 1.07 bits per heavy atom. The van der Waals surface area contributed by atoms with Crippen LogP contribution >= 0.6 is 0 Å². The highest BCUT2D eigenvalue weighted by Crippen LogP contribution is 2.33. The first kappa shape index (κ1) is 18.9. The summed E-state index contributed by atoms with van der Waals surface area (Å²) < 4.78 is 16.7. The largest absolute Gasteiger partial charge is 0.493 e. The van der Waals surface area contributed by atoms with Gasteiger partial charge in [-0.2, -0.15) is 0 Å². The molecule has 0 atom stereocenters. The van der Waals surface area contributed by atoms with Crippen molar-refractivity contribution in [1.82, 2.24) is 10.3 Å². The van der Waals surface area contributed by atoms with E-state index in [4.69, 9.17) is 14.2 Å². The first-order valence-electron chi connectivity index (χ1n) is 9.59. The number of ether oxygens (including phenoxy) is 3. The SMILES string of the molecule is O=C(CCOc1ccccc1)NCCc1cc2cc3c(cc2[nH]c1=O)OCCO3. The van der Waals surface area contributed by atoms with Crippen molar-refractivity contribution in [1.29, 1.82) is 0 Å². The Hall–Kier alpha value is -3.48. The van der Waals surface area contributed by atoms with Crippen molar-refractivity contribution in [2.75, 3.05) is 26.4 Å². The van der Waals surface area contributed by atoms with Crippen molar-refractivity contribution < 1.29 is 19.0 Å². The highest BCUT2D eigenvalue weighted by atomic mass is 16.6. The average Bonchev–Trinajstić information content (AvgIpc) is 2.73. The smallest absolute Gasteiger partial charge is 0.251 e. The van der Waals surface area contributed by atoms with E-state index in [1.807, 2.05) is 42.5 Å². The van der Waals surface area contributed by atoms with Crippen molar-refractivity contribution in [2.45, 2.75) is 12.8 Å². The van der Waals surface area contributed by atoms with Gasteiger partial charge in [0.15, 0.2) is 11.5 Å². The van der Waals surface area contributed by atoms with E-state index in [1.165, 1.54) is 0 Å². The van der Waals surface area contributed by atoms with Crippen LogP contribution in [0, 0.1) is 0 Å². The van der Waals surface area contributed by atoms with Crippen LogP contribution in [0.2, 0.25) is 0 Å². The third kappa shape index (κ3) is 4.68. The van der Waals surface area contributed by atoms with E-state index in [9.17, 15) is 9.59 Å². The molecule has 7 heteroatoms. The standard InChI is InChI=1S/C22H22N2O5/c25-21(7-9-27-17-4-2-1-3-5-17)23-8-6-15-12-16-13-19-20(29-11-10-28-19)14-18(16)24-22(15)26/h1-5,12-14H,6-11H2,(H,23,25)(H,24,26). The Balaban J connectivity index is 1.31. The minimum Gasteiger partial charge on any atom is -0.493 e. The van der Waals surface area contributed by atoms with Crippen LogP contribution in [0.1, 0.15) is 12.0 Å². The molecule has 1 aromatic heterocycles. The van der Waals surface area contributed by atoms with Gasteiger partial charge in [-0.3, -0.25) is 9.59 Å². The lowest BCUT2D eigenvalue weighted by Crippen LogP contribution is -2.28. The number of carbonyl (C=O) groups is 1. The molecule has 0 saturated heterocycles. The molecule has 1 amide bonds. The predicted molar refractivity (Wildman–Crippen MR) is 109 cm³/mol. The number of benzene rings is 2. The summed E-state index contributed by atoms with van der Waals surface area (Å²) in [5.41, 5.74) is 1.14. The van der Waals surface area contributed by atoms with Crippen LogP contribution in [0.5, 0.6) is 17.2 Å². The van der Waals surface area contributed by atoms with E-state index in [0.717, 1.165) is 11.1 Å². The first-order valence-corrected chi connectivity index (χ1v) is 9.59. The first-order chi connectivity index (χ1) is 14.2. The van der Waals surface area contributed by atoms with E-state index in [1.54, 1.807) is 6.07 Å². The zero-order valence-electron chi connectivity index (χ0n) is 15.9. The summed E-state index contributed by atoms with van der Waals surface area (Å²) >= 11 is 0. The third-order valence-electron chi connectivity index (χ3n) is 4.64. The lowest BCUT2D eigenvalue weighted by atomic mass is 10.1. The summed E-state index contributed by atoms with van der Waals surface area (Å²) in [7, 11) is 0. The molecule has 1 aliphatic heterocycles. The van der Waals surface area contributed by atoms with Crippen molar-refractivity contribution in [3.63, 3.8) is 0 Å². The fourth-order valence-corrected chi connectivity index (χ4v) is 3.18. The summed E-state index contributed by atoms with van der Waals surface area (Å²) in [5, 5.41) is 3.69. The summed E-state index contributed by atoms with van der Waals surface area (Å²) in [6.45, 7) is 1.69.